The van der Waals surface area contributed by atoms with Gasteiger partial charge >= 0.3 is 0 Å². The van der Waals surface area contributed by atoms with Gasteiger partial charge in [0.2, 0.25) is 5.91 Å². The van der Waals surface area contributed by atoms with Crippen molar-refractivity contribution in [2.75, 3.05) is 13.2 Å². The topological polar surface area (TPSA) is 78.3 Å². The molecule has 7 heteroatoms. The van der Waals surface area contributed by atoms with Gasteiger partial charge in [-0.1, -0.05) is 43.3 Å². The molecule has 2 atom stereocenters. The van der Waals surface area contributed by atoms with Crippen molar-refractivity contribution < 1.29 is 14.3 Å². The highest BCUT2D eigenvalue weighted by Crippen LogP contribution is 2.33. The van der Waals surface area contributed by atoms with Crippen molar-refractivity contribution >= 4 is 5.91 Å². The molecule has 3 aromatic rings. The minimum absolute atomic E-state index is 0.00879. The van der Waals surface area contributed by atoms with E-state index in [2.05, 4.69) is 27.5 Å². The molecule has 168 valence electrons. The molecule has 1 aliphatic rings. The zero-order chi connectivity index (χ0) is 22.5. The van der Waals surface area contributed by atoms with Crippen molar-refractivity contribution in [3.63, 3.8) is 0 Å². The number of aryl methyl sites for hydroxylation is 3. The van der Waals surface area contributed by atoms with E-state index in [1.807, 2.05) is 57.2 Å². The van der Waals surface area contributed by atoms with E-state index in [9.17, 15) is 4.79 Å². The summed E-state index contributed by atoms with van der Waals surface area (Å²) >= 11 is 0. The monoisotopic (exact) mass is 434 g/mol. The first kappa shape index (κ1) is 21.9. The molecule has 0 fully saturated rings. The minimum Gasteiger partial charge on any atom is -0.486 e. The second kappa shape index (κ2) is 9.85. The van der Waals surface area contributed by atoms with Crippen molar-refractivity contribution in [1.29, 1.82) is 0 Å². The Morgan fingerprint density at radius 1 is 1.09 bits per heavy atom. The molecule has 1 aromatic heterocycles. The normalized spacial score (nSPS) is 14.6. The van der Waals surface area contributed by atoms with Crippen molar-refractivity contribution in [1.82, 2.24) is 20.1 Å². The lowest BCUT2D eigenvalue weighted by atomic mass is 9.97. The average molecular weight is 435 g/mol. The number of ether oxygens (including phenoxy) is 2. The SMILES string of the molecule is Cc1nc(C)n(C[C@@H](C)C(=O)N[C@H](CCc2ccccc2)c2ccc3c(c2)OCCO3)n1. The number of carbonyl (C=O) groups excluding carboxylic acids is 1. The summed E-state index contributed by atoms with van der Waals surface area (Å²) in [6, 6.07) is 16.1. The molecule has 0 unspecified atom stereocenters. The molecule has 0 spiro atoms. The highest BCUT2D eigenvalue weighted by molar-refractivity contribution is 5.78. The number of hydrogen-bond acceptors (Lipinski definition) is 5. The van der Waals surface area contributed by atoms with Gasteiger partial charge in [0.25, 0.3) is 0 Å². The summed E-state index contributed by atoms with van der Waals surface area (Å²) in [5.41, 5.74) is 2.25. The summed E-state index contributed by atoms with van der Waals surface area (Å²) in [4.78, 5) is 17.5. The van der Waals surface area contributed by atoms with Crippen LogP contribution in [0, 0.1) is 19.8 Å². The molecule has 0 aliphatic carbocycles. The Balaban J connectivity index is 1.50. The number of nitrogens with zero attached hydrogens (tertiary/aromatic N) is 3. The van der Waals surface area contributed by atoms with Gasteiger partial charge in [-0.05, 0) is 49.9 Å². The Hall–Kier alpha value is -3.35. The van der Waals surface area contributed by atoms with Gasteiger partial charge in [-0.3, -0.25) is 4.79 Å². The second-order valence-electron chi connectivity index (χ2n) is 8.28. The Bertz CT molecular complexity index is 1060. The van der Waals surface area contributed by atoms with Gasteiger partial charge in [0.1, 0.15) is 24.9 Å². The zero-order valence-corrected chi connectivity index (χ0v) is 18.9. The molecule has 1 aliphatic heterocycles. The van der Waals surface area contributed by atoms with Crippen LogP contribution >= 0.6 is 0 Å². The summed E-state index contributed by atoms with van der Waals surface area (Å²) in [6.07, 6.45) is 1.64. The van der Waals surface area contributed by atoms with Gasteiger partial charge in [-0.2, -0.15) is 5.10 Å². The molecule has 7 nitrogen and oxygen atoms in total. The lowest BCUT2D eigenvalue weighted by Gasteiger charge is -2.24. The molecule has 0 saturated heterocycles. The summed E-state index contributed by atoms with van der Waals surface area (Å²) in [5, 5.41) is 7.65. The molecule has 4 rings (SSSR count). The third-order valence-electron chi connectivity index (χ3n) is 5.71. The number of nitrogens with one attached hydrogen (secondary N) is 1. The highest BCUT2D eigenvalue weighted by Gasteiger charge is 2.22. The van der Waals surface area contributed by atoms with E-state index in [0.29, 0.717) is 25.6 Å². The van der Waals surface area contributed by atoms with Crippen LogP contribution in [0.25, 0.3) is 0 Å². The minimum atomic E-state index is -0.244. The van der Waals surface area contributed by atoms with Crippen molar-refractivity contribution in [2.24, 2.45) is 5.92 Å². The largest absolute Gasteiger partial charge is 0.486 e. The third kappa shape index (κ3) is 5.28. The van der Waals surface area contributed by atoms with Crippen molar-refractivity contribution in [3.8, 4) is 11.5 Å². The molecular weight excluding hydrogens is 404 g/mol. The molecule has 0 bridgehead atoms. The number of benzene rings is 2. The number of amides is 1. The van der Waals surface area contributed by atoms with E-state index in [4.69, 9.17) is 9.47 Å². The van der Waals surface area contributed by atoms with E-state index in [0.717, 1.165) is 35.7 Å². The second-order valence-corrected chi connectivity index (χ2v) is 8.28. The van der Waals surface area contributed by atoms with E-state index in [1.165, 1.54) is 5.56 Å². The molecule has 0 saturated carbocycles. The first-order chi connectivity index (χ1) is 15.5. The predicted octanol–water partition coefficient (Wildman–Crippen LogP) is 3.79. The predicted molar refractivity (Wildman–Crippen MR) is 122 cm³/mol. The Kier molecular flexibility index (Phi) is 6.73. The van der Waals surface area contributed by atoms with Gasteiger partial charge in [-0.25, -0.2) is 9.67 Å². The van der Waals surface area contributed by atoms with Crippen molar-refractivity contribution in [3.05, 3.63) is 71.3 Å². The molecule has 0 radical (unpaired) electrons. The highest BCUT2D eigenvalue weighted by atomic mass is 16.6. The number of carbonyl (C=O) groups is 1. The molecular formula is C25H30N4O3. The number of rotatable bonds is 8. The van der Waals surface area contributed by atoms with Crippen LogP contribution in [0.1, 0.15) is 42.2 Å². The van der Waals surface area contributed by atoms with Crippen LogP contribution < -0.4 is 14.8 Å². The molecule has 2 aromatic carbocycles. The van der Waals surface area contributed by atoms with Crippen LogP contribution in [0.4, 0.5) is 0 Å². The molecule has 1 N–H and O–H groups in total. The van der Waals surface area contributed by atoms with Crippen LogP contribution in [0.2, 0.25) is 0 Å². The summed E-state index contributed by atoms with van der Waals surface area (Å²) < 4.78 is 13.2. The third-order valence-corrected chi connectivity index (χ3v) is 5.71. The molecule has 32 heavy (non-hydrogen) atoms. The molecule has 1 amide bonds. The molecule has 2 heterocycles. The zero-order valence-electron chi connectivity index (χ0n) is 18.9. The Labute approximate surface area is 188 Å². The van der Waals surface area contributed by atoms with Gasteiger partial charge in [0.05, 0.1) is 18.5 Å². The van der Waals surface area contributed by atoms with Gasteiger partial charge in [0.15, 0.2) is 11.5 Å². The number of hydrogen-bond donors (Lipinski definition) is 1. The van der Waals surface area contributed by atoms with Crippen LogP contribution in [0.3, 0.4) is 0 Å². The summed E-state index contributed by atoms with van der Waals surface area (Å²) in [5.74, 6) is 2.76. The fraction of sp³-hybridized carbons (Fsp3) is 0.400. The number of aromatic nitrogens is 3. The van der Waals surface area contributed by atoms with Crippen LogP contribution in [-0.2, 0) is 17.8 Å². The number of fused-ring (bicyclic) bond motifs is 1. The van der Waals surface area contributed by atoms with Gasteiger partial charge in [0, 0.05) is 0 Å². The maximum absolute atomic E-state index is 13.1. The van der Waals surface area contributed by atoms with Crippen LogP contribution in [-0.4, -0.2) is 33.9 Å². The van der Waals surface area contributed by atoms with Gasteiger partial charge in [-0.15, -0.1) is 0 Å². The van der Waals surface area contributed by atoms with E-state index in [-0.39, 0.29) is 17.9 Å². The quantitative estimate of drug-likeness (QED) is 0.584. The fourth-order valence-electron chi connectivity index (χ4n) is 3.95. The van der Waals surface area contributed by atoms with Crippen molar-refractivity contribution in [2.45, 2.75) is 46.2 Å². The standard InChI is InChI=1S/C25H30N4O3/c1-17(16-29-19(3)26-18(2)28-29)25(30)27-22(11-9-20-7-5-4-6-8-20)21-10-12-23-24(15-21)32-14-13-31-23/h4-8,10,12,15,17,22H,9,11,13-14,16H2,1-3H3,(H,27,30)/t17-,22-/m1/s1. The lowest BCUT2D eigenvalue weighted by molar-refractivity contribution is -0.125. The lowest BCUT2D eigenvalue weighted by Crippen LogP contribution is -2.35. The van der Waals surface area contributed by atoms with E-state index >= 15 is 0 Å². The Morgan fingerprint density at radius 3 is 2.56 bits per heavy atom. The summed E-state index contributed by atoms with van der Waals surface area (Å²) in [7, 11) is 0. The first-order valence-electron chi connectivity index (χ1n) is 11.1. The van der Waals surface area contributed by atoms with Crippen LogP contribution in [0.5, 0.6) is 11.5 Å². The summed E-state index contributed by atoms with van der Waals surface area (Å²) in [6.45, 7) is 7.26. The maximum Gasteiger partial charge on any atom is 0.225 e. The fourth-order valence-corrected chi connectivity index (χ4v) is 3.95. The first-order valence-corrected chi connectivity index (χ1v) is 11.1. The smallest absolute Gasteiger partial charge is 0.225 e. The van der Waals surface area contributed by atoms with E-state index in [1.54, 1.807) is 4.68 Å². The van der Waals surface area contributed by atoms with Crippen LogP contribution in [0.15, 0.2) is 48.5 Å². The average Bonchev–Trinajstić information content (AvgIpc) is 3.13. The van der Waals surface area contributed by atoms with E-state index < -0.39 is 0 Å². The van der Waals surface area contributed by atoms with Gasteiger partial charge < -0.3 is 14.8 Å². The maximum atomic E-state index is 13.1. The Morgan fingerprint density at radius 2 is 1.84 bits per heavy atom.